The van der Waals surface area contributed by atoms with E-state index in [1.165, 1.54) is 6.20 Å². The van der Waals surface area contributed by atoms with Crippen molar-refractivity contribution < 1.29 is 19.1 Å². The van der Waals surface area contributed by atoms with Crippen molar-refractivity contribution in [1.82, 2.24) is 9.55 Å². The lowest BCUT2D eigenvalue weighted by Gasteiger charge is -2.21. The van der Waals surface area contributed by atoms with Gasteiger partial charge in [0.05, 0.1) is 13.2 Å². The van der Waals surface area contributed by atoms with Gasteiger partial charge in [-0.25, -0.2) is 0 Å². The summed E-state index contributed by atoms with van der Waals surface area (Å²) >= 11 is 0. The van der Waals surface area contributed by atoms with Crippen molar-refractivity contribution in [2.45, 2.75) is 32.3 Å². The molecule has 0 saturated heterocycles. The number of aryl methyl sites for hydroxylation is 1. The summed E-state index contributed by atoms with van der Waals surface area (Å²) in [7, 11) is 0. The Labute approximate surface area is 167 Å². The van der Waals surface area contributed by atoms with Crippen LogP contribution in [0.15, 0.2) is 60.8 Å². The number of imidazole rings is 1. The molecule has 1 aromatic heterocycles. The third-order valence-corrected chi connectivity index (χ3v) is 4.62. The van der Waals surface area contributed by atoms with E-state index in [2.05, 4.69) is 4.98 Å². The van der Waals surface area contributed by atoms with Crippen LogP contribution in [0.4, 0.5) is 5.82 Å². The van der Waals surface area contributed by atoms with Gasteiger partial charge in [-0.2, -0.15) is 0 Å². The van der Waals surface area contributed by atoms with Crippen LogP contribution in [0.3, 0.4) is 0 Å². The lowest BCUT2D eigenvalue weighted by atomic mass is 10.2. The number of nitro groups is 1. The predicted octanol–water partition coefficient (Wildman–Crippen LogP) is 3.74. The Morgan fingerprint density at radius 1 is 1.10 bits per heavy atom. The fraction of sp³-hybridized carbons (Fsp3) is 0.286. The van der Waals surface area contributed by atoms with Gasteiger partial charge in [0.2, 0.25) is 0 Å². The standard InChI is InChI=1S/C21H21N3O5/c25-24(26)20-12-23-11-10-19(29-21(23)22-20)15-27-13-17-6-8-18(9-7-17)28-14-16-4-2-1-3-5-16/h1-9,12,19H,10-11,13-15H2. The van der Waals surface area contributed by atoms with Crippen LogP contribution >= 0.6 is 0 Å². The number of nitrogens with zero attached hydrogens (tertiary/aromatic N) is 3. The second-order valence-electron chi connectivity index (χ2n) is 6.79. The molecule has 0 aliphatic carbocycles. The Hall–Kier alpha value is -3.39. The van der Waals surface area contributed by atoms with E-state index >= 15 is 0 Å². The number of hydrogen-bond acceptors (Lipinski definition) is 6. The molecule has 0 radical (unpaired) electrons. The van der Waals surface area contributed by atoms with Crippen molar-refractivity contribution in [2.24, 2.45) is 0 Å². The van der Waals surface area contributed by atoms with Gasteiger partial charge in [0, 0.05) is 17.9 Å². The van der Waals surface area contributed by atoms with Crippen molar-refractivity contribution in [3.8, 4) is 11.8 Å². The van der Waals surface area contributed by atoms with Crippen LogP contribution in [0.2, 0.25) is 0 Å². The first-order chi connectivity index (χ1) is 14.2. The highest BCUT2D eigenvalue weighted by Crippen LogP contribution is 2.24. The lowest BCUT2D eigenvalue weighted by molar-refractivity contribution is -0.389. The minimum atomic E-state index is -0.520. The second kappa shape index (κ2) is 8.74. The fourth-order valence-electron chi connectivity index (χ4n) is 3.07. The van der Waals surface area contributed by atoms with Crippen molar-refractivity contribution in [3.63, 3.8) is 0 Å². The highest BCUT2D eigenvalue weighted by Gasteiger charge is 2.28. The molecule has 2 aromatic carbocycles. The van der Waals surface area contributed by atoms with Gasteiger partial charge in [0.25, 0.3) is 0 Å². The molecule has 4 rings (SSSR count). The van der Waals surface area contributed by atoms with Crippen LogP contribution < -0.4 is 9.47 Å². The molecule has 0 N–H and O–H groups in total. The Balaban J connectivity index is 1.22. The maximum absolute atomic E-state index is 10.8. The summed E-state index contributed by atoms with van der Waals surface area (Å²) in [6.07, 6.45) is 1.94. The van der Waals surface area contributed by atoms with E-state index in [9.17, 15) is 10.1 Å². The maximum atomic E-state index is 10.8. The molecule has 0 bridgehead atoms. The number of rotatable bonds is 8. The summed E-state index contributed by atoms with van der Waals surface area (Å²) in [6.45, 7) is 2.00. The number of aromatic nitrogens is 2. The quantitative estimate of drug-likeness (QED) is 0.426. The van der Waals surface area contributed by atoms with E-state index in [0.717, 1.165) is 16.9 Å². The average Bonchev–Trinajstić information content (AvgIpc) is 3.18. The molecule has 0 saturated carbocycles. The third kappa shape index (κ3) is 4.91. The zero-order chi connectivity index (χ0) is 20.1. The molecule has 0 spiro atoms. The molecule has 2 heterocycles. The number of ether oxygens (including phenoxy) is 3. The van der Waals surface area contributed by atoms with Crippen LogP contribution in [-0.4, -0.2) is 27.2 Å². The van der Waals surface area contributed by atoms with Gasteiger partial charge in [0.15, 0.2) is 0 Å². The summed E-state index contributed by atoms with van der Waals surface area (Å²) in [5.41, 5.74) is 2.16. The van der Waals surface area contributed by atoms with Crippen molar-refractivity contribution in [1.29, 1.82) is 0 Å². The van der Waals surface area contributed by atoms with Gasteiger partial charge >= 0.3 is 11.8 Å². The highest BCUT2D eigenvalue weighted by atomic mass is 16.6. The molecular formula is C21H21N3O5. The van der Waals surface area contributed by atoms with Crippen LogP contribution in [0, 0.1) is 10.1 Å². The van der Waals surface area contributed by atoms with Gasteiger partial charge in [0.1, 0.15) is 24.7 Å². The van der Waals surface area contributed by atoms with E-state index < -0.39 is 4.92 Å². The zero-order valence-electron chi connectivity index (χ0n) is 15.8. The molecule has 8 heteroatoms. The summed E-state index contributed by atoms with van der Waals surface area (Å²) in [5, 5.41) is 10.8. The Kier molecular flexibility index (Phi) is 5.71. The van der Waals surface area contributed by atoms with Crippen molar-refractivity contribution >= 4 is 5.82 Å². The molecule has 1 atom stereocenters. The van der Waals surface area contributed by atoms with Crippen molar-refractivity contribution in [3.05, 3.63) is 82.0 Å². The van der Waals surface area contributed by atoms with Gasteiger partial charge in [-0.3, -0.25) is 4.57 Å². The van der Waals surface area contributed by atoms with E-state index in [1.54, 1.807) is 4.57 Å². The number of hydrogen-bond donors (Lipinski definition) is 0. The minimum Gasteiger partial charge on any atom is -0.489 e. The summed E-state index contributed by atoms with van der Waals surface area (Å²) in [5.74, 6) is 0.609. The molecule has 1 aliphatic rings. The molecule has 1 unspecified atom stereocenters. The van der Waals surface area contributed by atoms with E-state index in [1.807, 2.05) is 54.6 Å². The average molecular weight is 395 g/mol. The zero-order valence-corrected chi connectivity index (χ0v) is 15.8. The Morgan fingerprint density at radius 2 is 1.86 bits per heavy atom. The van der Waals surface area contributed by atoms with Crippen LogP contribution in [-0.2, 0) is 24.5 Å². The van der Waals surface area contributed by atoms with Crippen LogP contribution in [0.25, 0.3) is 0 Å². The highest BCUT2D eigenvalue weighted by molar-refractivity contribution is 5.27. The van der Waals surface area contributed by atoms with Crippen molar-refractivity contribution in [2.75, 3.05) is 6.61 Å². The topological polar surface area (TPSA) is 88.7 Å². The summed E-state index contributed by atoms with van der Waals surface area (Å²) in [4.78, 5) is 14.2. The first-order valence-corrected chi connectivity index (χ1v) is 9.39. The molecule has 3 aromatic rings. The normalized spacial score (nSPS) is 15.4. The first kappa shape index (κ1) is 18.9. The molecule has 0 fully saturated rings. The second-order valence-corrected chi connectivity index (χ2v) is 6.79. The SMILES string of the molecule is O=[N+]([O-])c1cn2c(n1)OC(COCc1ccc(OCc3ccccc3)cc1)CC2. The van der Waals surface area contributed by atoms with Crippen LogP contribution in [0.5, 0.6) is 11.8 Å². The molecule has 150 valence electrons. The first-order valence-electron chi connectivity index (χ1n) is 9.39. The molecule has 1 aliphatic heterocycles. The Morgan fingerprint density at radius 3 is 2.62 bits per heavy atom. The fourth-order valence-corrected chi connectivity index (χ4v) is 3.07. The van der Waals surface area contributed by atoms with Crippen LogP contribution in [0.1, 0.15) is 17.5 Å². The summed E-state index contributed by atoms with van der Waals surface area (Å²) in [6, 6.07) is 18.1. The van der Waals surface area contributed by atoms with Gasteiger partial charge < -0.3 is 24.3 Å². The number of benzene rings is 2. The monoisotopic (exact) mass is 395 g/mol. The molecule has 8 nitrogen and oxygen atoms in total. The summed E-state index contributed by atoms with van der Waals surface area (Å²) < 4.78 is 18.9. The predicted molar refractivity (Wildman–Crippen MR) is 105 cm³/mol. The molecule has 29 heavy (non-hydrogen) atoms. The largest absolute Gasteiger partial charge is 0.489 e. The smallest absolute Gasteiger partial charge is 0.414 e. The van der Waals surface area contributed by atoms with E-state index in [4.69, 9.17) is 14.2 Å². The van der Waals surface area contributed by atoms with E-state index in [-0.39, 0.29) is 17.9 Å². The minimum absolute atomic E-state index is 0.169. The van der Waals surface area contributed by atoms with Gasteiger partial charge in [-0.05, 0) is 28.2 Å². The van der Waals surface area contributed by atoms with E-state index in [0.29, 0.717) is 32.8 Å². The third-order valence-electron chi connectivity index (χ3n) is 4.62. The van der Waals surface area contributed by atoms with Gasteiger partial charge in [-0.15, -0.1) is 0 Å². The Bertz CT molecular complexity index is 956. The molecule has 0 amide bonds. The van der Waals surface area contributed by atoms with Gasteiger partial charge in [-0.1, -0.05) is 42.5 Å². The molecular weight excluding hydrogens is 374 g/mol. The number of fused-ring (bicyclic) bond motifs is 1. The lowest BCUT2D eigenvalue weighted by Crippen LogP contribution is -2.30. The maximum Gasteiger partial charge on any atom is 0.414 e.